The molecular formula is C22H21F4NO3. The fourth-order valence-electron chi connectivity index (χ4n) is 3.69. The molecular weight excluding hydrogens is 402 g/mol. The minimum atomic E-state index is -5.00. The van der Waals surface area contributed by atoms with Crippen LogP contribution in [0, 0.1) is 5.82 Å². The Bertz CT molecular complexity index is 1140. The number of phenols is 1. The van der Waals surface area contributed by atoms with E-state index in [9.17, 15) is 32.6 Å². The molecule has 1 atom stereocenters. The number of aromatic nitrogens is 1. The second-order valence-electron chi connectivity index (χ2n) is 8.08. The summed E-state index contributed by atoms with van der Waals surface area (Å²) in [5.41, 5.74) is -4.32. The topological polar surface area (TPSA) is 62.5 Å². The molecule has 0 radical (unpaired) electrons. The molecule has 0 bridgehead atoms. The van der Waals surface area contributed by atoms with Gasteiger partial charge in [-0.1, -0.05) is 32.0 Å². The Hall–Kier alpha value is -2.87. The molecule has 0 fully saturated rings. The number of aromatic hydroxyl groups is 1. The van der Waals surface area contributed by atoms with Crippen molar-refractivity contribution in [2.45, 2.75) is 44.0 Å². The Balaban J connectivity index is 2.05. The Morgan fingerprint density at radius 3 is 2.33 bits per heavy atom. The molecule has 2 aromatic carbocycles. The van der Waals surface area contributed by atoms with Crippen LogP contribution in [0.5, 0.6) is 5.75 Å². The number of para-hydroxylation sites is 1. The predicted molar refractivity (Wildman–Crippen MR) is 105 cm³/mol. The van der Waals surface area contributed by atoms with Crippen LogP contribution in [0.1, 0.15) is 25.8 Å². The van der Waals surface area contributed by atoms with Gasteiger partial charge in [0.05, 0.1) is 12.1 Å². The van der Waals surface area contributed by atoms with E-state index in [0.29, 0.717) is 0 Å². The summed E-state index contributed by atoms with van der Waals surface area (Å²) in [7, 11) is 0. The van der Waals surface area contributed by atoms with E-state index >= 15 is 0 Å². The number of halogens is 4. The highest BCUT2D eigenvalue weighted by Crippen LogP contribution is 2.42. The number of nitrogens with zero attached hydrogens (tertiary/aromatic N) is 1. The van der Waals surface area contributed by atoms with E-state index in [1.807, 2.05) is 0 Å². The number of aliphatic hydroxyl groups is 1. The maximum absolute atomic E-state index is 14.0. The molecule has 30 heavy (non-hydrogen) atoms. The SMILES string of the molecule is CC(C)(CC(O)(Cn1ccc(=O)c2ccccc21)C(F)(F)F)c1ccc(O)c(F)c1. The number of hydrogen-bond donors (Lipinski definition) is 2. The third-order valence-electron chi connectivity index (χ3n) is 5.31. The quantitative estimate of drug-likeness (QED) is 0.594. The summed E-state index contributed by atoms with van der Waals surface area (Å²) in [6, 6.07) is 10.7. The summed E-state index contributed by atoms with van der Waals surface area (Å²) >= 11 is 0. The summed E-state index contributed by atoms with van der Waals surface area (Å²) in [5, 5.41) is 20.4. The van der Waals surface area contributed by atoms with Crippen LogP contribution in [-0.2, 0) is 12.0 Å². The van der Waals surface area contributed by atoms with Gasteiger partial charge in [-0.25, -0.2) is 4.39 Å². The van der Waals surface area contributed by atoms with Crippen molar-refractivity contribution in [1.29, 1.82) is 0 Å². The van der Waals surface area contributed by atoms with Crippen molar-refractivity contribution in [2.24, 2.45) is 0 Å². The van der Waals surface area contributed by atoms with Crippen LogP contribution in [0.25, 0.3) is 10.9 Å². The molecule has 0 spiro atoms. The van der Waals surface area contributed by atoms with E-state index in [1.165, 1.54) is 42.8 Å². The summed E-state index contributed by atoms with van der Waals surface area (Å²) < 4.78 is 57.0. The first-order valence-corrected chi connectivity index (χ1v) is 9.20. The van der Waals surface area contributed by atoms with Crippen LogP contribution in [0.15, 0.2) is 59.5 Å². The highest BCUT2D eigenvalue weighted by atomic mass is 19.4. The lowest BCUT2D eigenvalue weighted by atomic mass is 9.74. The average Bonchev–Trinajstić information content (AvgIpc) is 2.65. The van der Waals surface area contributed by atoms with E-state index in [4.69, 9.17) is 0 Å². The molecule has 0 aliphatic rings. The van der Waals surface area contributed by atoms with Crippen molar-refractivity contribution < 1.29 is 27.8 Å². The summed E-state index contributed by atoms with van der Waals surface area (Å²) in [4.78, 5) is 12.0. The van der Waals surface area contributed by atoms with Gasteiger partial charge in [-0.05, 0) is 41.7 Å². The van der Waals surface area contributed by atoms with Gasteiger partial charge in [-0.2, -0.15) is 13.2 Å². The number of pyridine rings is 1. The molecule has 0 amide bonds. The molecule has 0 aliphatic carbocycles. The van der Waals surface area contributed by atoms with Crippen molar-refractivity contribution in [1.82, 2.24) is 4.57 Å². The van der Waals surface area contributed by atoms with Crippen molar-refractivity contribution in [3.05, 3.63) is 76.3 Å². The minimum absolute atomic E-state index is 0.199. The standard InChI is InChI=1S/C22H21F4NO3/c1-20(2,14-7-8-19(29)16(23)11-14)12-21(30,22(24,25)26)13-27-10-9-18(28)15-5-3-4-6-17(15)27/h3-11,29-30H,12-13H2,1-2H3. The summed E-state index contributed by atoms with van der Waals surface area (Å²) in [6.07, 6.45) is -4.55. The minimum Gasteiger partial charge on any atom is -0.505 e. The average molecular weight is 423 g/mol. The largest absolute Gasteiger partial charge is 0.505 e. The highest BCUT2D eigenvalue weighted by Gasteiger charge is 2.56. The van der Waals surface area contributed by atoms with Gasteiger partial charge in [0.25, 0.3) is 0 Å². The first kappa shape index (κ1) is 21.8. The number of fused-ring (bicyclic) bond motifs is 1. The summed E-state index contributed by atoms with van der Waals surface area (Å²) in [6.45, 7) is 2.07. The maximum Gasteiger partial charge on any atom is 0.418 e. The third-order valence-corrected chi connectivity index (χ3v) is 5.31. The van der Waals surface area contributed by atoms with Crippen LogP contribution in [0.3, 0.4) is 0 Å². The normalized spacial score (nSPS) is 14.6. The van der Waals surface area contributed by atoms with Crippen LogP contribution in [0.2, 0.25) is 0 Å². The third kappa shape index (κ3) is 4.05. The lowest BCUT2D eigenvalue weighted by molar-refractivity contribution is -0.271. The van der Waals surface area contributed by atoms with Gasteiger partial charge >= 0.3 is 6.18 Å². The predicted octanol–water partition coefficient (Wildman–Crippen LogP) is 4.51. The van der Waals surface area contributed by atoms with Gasteiger partial charge in [0, 0.05) is 17.6 Å². The van der Waals surface area contributed by atoms with Gasteiger partial charge in [0.1, 0.15) is 0 Å². The van der Waals surface area contributed by atoms with E-state index < -0.39 is 41.7 Å². The highest BCUT2D eigenvalue weighted by molar-refractivity contribution is 5.78. The van der Waals surface area contributed by atoms with Gasteiger partial charge in [-0.3, -0.25) is 4.79 Å². The van der Waals surface area contributed by atoms with Crippen LogP contribution >= 0.6 is 0 Å². The fourth-order valence-corrected chi connectivity index (χ4v) is 3.69. The molecule has 3 aromatic rings. The molecule has 4 nitrogen and oxygen atoms in total. The molecule has 2 N–H and O–H groups in total. The molecule has 0 saturated heterocycles. The van der Waals surface area contributed by atoms with Crippen LogP contribution in [0.4, 0.5) is 17.6 Å². The van der Waals surface area contributed by atoms with Crippen LogP contribution < -0.4 is 5.43 Å². The van der Waals surface area contributed by atoms with Crippen molar-refractivity contribution in [3.63, 3.8) is 0 Å². The number of benzene rings is 2. The Morgan fingerprint density at radius 1 is 1.03 bits per heavy atom. The molecule has 1 unspecified atom stereocenters. The van der Waals surface area contributed by atoms with Gasteiger partial charge in [0.15, 0.2) is 22.6 Å². The zero-order valence-electron chi connectivity index (χ0n) is 16.4. The van der Waals surface area contributed by atoms with E-state index in [0.717, 1.165) is 18.2 Å². The number of rotatable bonds is 5. The lowest BCUT2D eigenvalue weighted by Crippen LogP contribution is -2.52. The maximum atomic E-state index is 14.0. The molecule has 3 rings (SSSR count). The number of alkyl halides is 3. The molecule has 8 heteroatoms. The van der Waals surface area contributed by atoms with Crippen molar-refractivity contribution in [2.75, 3.05) is 0 Å². The molecule has 1 aromatic heterocycles. The van der Waals surface area contributed by atoms with E-state index in [1.54, 1.807) is 12.1 Å². The Kier molecular flexibility index (Phi) is 5.41. The van der Waals surface area contributed by atoms with E-state index in [2.05, 4.69) is 0 Å². The summed E-state index contributed by atoms with van der Waals surface area (Å²) in [5.74, 6) is -1.57. The van der Waals surface area contributed by atoms with Gasteiger partial charge < -0.3 is 14.8 Å². The lowest BCUT2D eigenvalue weighted by Gasteiger charge is -2.38. The van der Waals surface area contributed by atoms with Crippen molar-refractivity contribution >= 4 is 10.9 Å². The Morgan fingerprint density at radius 2 is 1.70 bits per heavy atom. The molecule has 0 aliphatic heterocycles. The second-order valence-corrected chi connectivity index (χ2v) is 8.08. The molecule has 1 heterocycles. The smallest absolute Gasteiger partial charge is 0.418 e. The first-order valence-electron chi connectivity index (χ1n) is 9.20. The molecule has 0 saturated carbocycles. The van der Waals surface area contributed by atoms with Gasteiger partial charge in [-0.15, -0.1) is 0 Å². The fraction of sp³-hybridized carbons (Fsp3) is 0.318. The monoisotopic (exact) mass is 423 g/mol. The second kappa shape index (κ2) is 7.43. The zero-order valence-corrected chi connectivity index (χ0v) is 16.4. The zero-order chi connectivity index (χ0) is 22.3. The first-order chi connectivity index (χ1) is 13.8. The Labute approximate surface area is 170 Å². The van der Waals surface area contributed by atoms with Crippen LogP contribution in [-0.4, -0.2) is 26.6 Å². The molecule has 160 valence electrons. The number of hydrogen-bond acceptors (Lipinski definition) is 3. The van der Waals surface area contributed by atoms with E-state index in [-0.39, 0.29) is 21.9 Å². The van der Waals surface area contributed by atoms with Crippen molar-refractivity contribution in [3.8, 4) is 5.75 Å². The van der Waals surface area contributed by atoms with Gasteiger partial charge in [0.2, 0.25) is 0 Å². The number of phenolic OH excluding ortho intramolecular Hbond substituents is 1.